The normalized spacial score (nSPS) is 11.5. The molecule has 0 unspecified atom stereocenters. The molecule has 0 aliphatic carbocycles. The van der Waals surface area contributed by atoms with Gasteiger partial charge in [0.05, 0.1) is 31.7 Å². The number of aromatic nitrogens is 4. The Bertz CT molecular complexity index is 1370. The minimum absolute atomic E-state index is 0.144. The van der Waals surface area contributed by atoms with Crippen molar-refractivity contribution >= 4 is 22.8 Å². The van der Waals surface area contributed by atoms with Crippen LogP contribution < -0.4 is 11.2 Å². The van der Waals surface area contributed by atoms with Crippen molar-refractivity contribution in [3.8, 4) is 5.69 Å². The van der Waals surface area contributed by atoms with Gasteiger partial charge >= 0.3 is 5.69 Å². The summed E-state index contributed by atoms with van der Waals surface area (Å²) in [6.07, 6.45) is 1.58. The van der Waals surface area contributed by atoms with Gasteiger partial charge in [0.2, 0.25) is 0 Å². The number of halogens is 1. The van der Waals surface area contributed by atoms with Gasteiger partial charge in [-0.1, -0.05) is 55.8 Å². The van der Waals surface area contributed by atoms with Gasteiger partial charge in [0.25, 0.3) is 5.56 Å². The standard InChI is InChI=1S/C24H25ClN4O3/c1-16(2)17-8-10-19(11-9-17)29-22-21(23(30)28(24(29)31)12-13-32-3)27(15-26-22)14-18-6-4-5-7-20(18)25/h4-11,15-16H,12-14H2,1-3H3. The Kier molecular flexibility index (Phi) is 6.30. The Balaban J connectivity index is 1.95. The highest BCUT2D eigenvalue weighted by atomic mass is 35.5. The number of methoxy groups -OCH3 is 1. The van der Waals surface area contributed by atoms with Crippen molar-refractivity contribution in [2.24, 2.45) is 0 Å². The van der Waals surface area contributed by atoms with Crippen LogP contribution in [-0.2, 0) is 17.8 Å². The topological polar surface area (TPSA) is 71.1 Å². The molecule has 0 saturated carbocycles. The molecule has 0 aliphatic heterocycles. The number of fused-ring (bicyclic) bond motifs is 1. The van der Waals surface area contributed by atoms with Crippen molar-refractivity contribution in [3.63, 3.8) is 0 Å². The van der Waals surface area contributed by atoms with Crippen LogP contribution in [0.4, 0.5) is 0 Å². The van der Waals surface area contributed by atoms with E-state index in [0.29, 0.717) is 34.3 Å². The van der Waals surface area contributed by atoms with E-state index in [1.54, 1.807) is 17.0 Å². The summed E-state index contributed by atoms with van der Waals surface area (Å²) >= 11 is 6.34. The van der Waals surface area contributed by atoms with Crippen LogP contribution in [0.25, 0.3) is 16.9 Å². The van der Waals surface area contributed by atoms with Gasteiger partial charge in [-0.25, -0.2) is 14.3 Å². The van der Waals surface area contributed by atoms with Crippen LogP contribution in [0.15, 0.2) is 64.4 Å². The van der Waals surface area contributed by atoms with Crippen LogP contribution in [0, 0.1) is 0 Å². The third kappa shape index (κ3) is 4.01. The highest BCUT2D eigenvalue weighted by Gasteiger charge is 2.19. The van der Waals surface area contributed by atoms with Gasteiger partial charge in [-0.3, -0.25) is 9.36 Å². The predicted molar refractivity (Wildman–Crippen MR) is 126 cm³/mol. The SMILES string of the molecule is COCCn1c(=O)c2c(ncn2Cc2ccccc2Cl)n(-c2ccc(C(C)C)cc2)c1=O. The molecule has 0 fully saturated rings. The monoisotopic (exact) mass is 452 g/mol. The molecule has 0 atom stereocenters. The van der Waals surface area contributed by atoms with Crippen LogP contribution in [0.1, 0.15) is 30.9 Å². The van der Waals surface area contributed by atoms with E-state index in [9.17, 15) is 9.59 Å². The molecule has 2 aromatic carbocycles. The lowest BCUT2D eigenvalue weighted by Crippen LogP contribution is -2.41. The van der Waals surface area contributed by atoms with Crippen LogP contribution >= 0.6 is 11.6 Å². The van der Waals surface area contributed by atoms with Crippen LogP contribution in [0.3, 0.4) is 0 Å². The molecule has 32 heavy (non-hydrogen) atoms. The summed E-state index contributed by atoms with van der Waals surface area (Å²) in [6, 6.07) is 15.2. The predicted octanol–water partition coefficient (Wildman–Crippen LogP) is 3.82. The van der Waals surface area contributed by atoms with Crippen molar-refractivity contribution < 1.29 is 4.74 Å². The summed E-state index contributed by atoms with van der Waals surface area (Å²) in [5.41, 5.74) is 2.48. The molecular weight excluding hydrogens is 428 g/mol. The first-order chi connectivity index (χ1) is 15.4. The minimum atomic E-state index is -0.445. The first kappa shape index (κ1) is 22.0. The summed E-state index contributed by atoms with van der Waals surface area (Å²) in [6.45, 7) is 4.97. The first-order valence-electron chi connectivity index (χ1n) is 10.5. The van der Waals surface area contributed by atoms with Gasteiger partial charge in [0.1, 0.15) is 0 Å². The molecule has 0 aliphatic rings. The zero-order valence-electron chi connectivity index (χ0n) is 18.3. The van der Waals surface area contributed by atoms with Crippen molar-refractivity contribution in [1.82, 2.24) is 18.7 Å². The molecule has 166 valence electrons. The van der Waals surface area contributed by atoms with E-state index in [-0.39, 0.29) is 13.2 Å². The van der Waals surface area contributed by atoms with Gasteiger partial charge in [-0.15, -0.1) is 0 Å². The lowest BCUT2D eigenvalue weighted by atomic mass is 10.0. The van der Waals surface area contributed by atoms with Crippen LogP contribution in [0.2, 0.25) is 5.02 Å². The largest absolute Gasteiger partial charge is 0.383 e. The number of hydrogen-bond acceptors (Lipinski definition) is 4. The second-order valence-electron chi connectivity index (χ2n) is 7.95. The van der Waals surface area contributed by atoms with Gasteiger partial charge in [0.15, 0.2) is 11.2 Å². The van der Waals surface area contributed by atoms with E-state index in [0.717, 1.165) is 11.1 Å². The van der Waals surface area contributed by atoms with Crippen molar-refractivity contribution in [1.29, 1.82) is 0 Å². The zero-order valence-corrected chi connectivity index (χ0v) is 19.0. The number of rotatable bonds is 7. The van der Waals surface area contributed by atoms with Crippen LogP contribution in [0.5, 0.6) is 0 Å². The molecular formula is C24H25ClN4O3. The molecule has 0 N–H and O–H groups in total. The fraction of sp³-hybridized carbons (Fsp3) is 0.292. The maximum Gasteiger partial charge on any atom is 0.337 e. The van der Waals surface area contributed by atoms with E-state index in [1.807, 2.05) is 42.5 Å². The third-order valence-electron chi connectivity index (χ3n) is 5.54. The van der Waals surface area contributed by atoms with Gasteiger partial charge < -0.3 is 9.30 Å². The van der Waals surface area contributed by atoms with E-state index in [2.05, 4.69) is 18.8 Å². The minimum Gasteiger partial charge on any atom is -0.383 e. The number of hydrogen-bond donors (Lipinski definition) is 0. The Morgan fingerprint density at radius 2 is 1.78 bits per heavy atom. The Labute approximate surface area is 190 Å². The molecule has 2 heterocycles. The zero-order chi connectivity index (χ0) is 22.8. The lowest BCUT2D eigenvalue weighted by Gasteiger charge is -2.14. The van der Waals surface area contributed by atoms with Gasteiger partial charge in [-0.2, -0.15) is 0 Å². The molecule has 0 spiro atoms. The quantitative estimate of drug-likeness (QED) is 0.427. The van der Waals surface area contributed by atoms with E-state index >= 15 is 0 Å². The average molecular weight is 453 g/mol. The van der Waals surface area contributed by atoms with Crippen molar-refractivity contribution in [2.75, 3.05) is 13.7 Å². The maximum atomic E-state index is 13.4. The smallest absolute Gasteiger partial charge is 0.337 e. The fourth-order valence-electron chi connectivity index (χ4n) is 3.73. The second kappa shape index (κ2) is 9.14. The average Bonchev–Trinajstić information content (AvgIpc) is 3.19. The lowest BCUT2D eigenvalue weighted by molar-refractivity contribution is 0.184. The molecule has 4 aromatic rings. The number of ether oxygens (including phenoxy) is 1. The Morgan fingerprint density at radius 1 is 1.06 bits per heavy atom. The first-order valence-corrected chi connectivity index (χ1v) is 10.8. The van der Waals surface area contributed by atoms with Gasteiger partial charge in [-0.05, 0) is 35.2 Å². The highest BCUT2D eigenvalue weighted by Crippen LogP contribution is 2.20. The summed E-state index contributed by atoms with van der Waals surface area (Å²) < 4.78 is 9.55. The highest BCUT2D eigenvalue weighted by molar-refractivity contribution is 6.31. The fourth-order valence-corrected chi connectivity index (χ4v) is 3.93. The third-order valence-corrected chi connectivity index (χ3v) is 5.90. The summed E-state index contributed by atoms with van der Waals surface area (Å²) in [5.74, 6) is 0.367. The summed E-state index contributed by atoms with van der Waals surface area (Å²) in [4.78, 5) is 31.1. The molecule has 2 aromatic heterocycles. The van der Waals surface area contributed by atoms with Crippen molar-refractivity contribution in [2.45, 2.75) is 32.9 Å². The van der Waals surface area contributed by atoms with E-state index in [1.165, 1.54) is 16.2 Å². The maximum absolute atomic E-state index is 13.4. The molecule has 4 rings (SSSR count). The van der Waals surface area contributed by atoms with E-state index < -0.39 is 11.2 Å². The summed E-state index contributed by atoms with van der Waals surface area (Å²) in [7, 11) is 1.54. The van der Waals surface area contributed by atoms with Crippen molar-refractivity contribution in [3.05, 3.63) is 91.8 Å². The van der Waals surface area contributed by atoms with Crippen LogP contribution in [-0.4, -0.2) is 32.4 Å². The molecule has 8 heteroatoms. The number of nitrogens with zero attached hydrogens (tertiary/aromatic N) is 4. The van der Waals surface area contributed by atoms with Gasteiger partial charge in [0, 0.05) is 12.1 Å². The summed E-state index contributed by atoms with van der Waals surface area (Å²) in [5, 5.41) is 0.603. The molecule has 0 saturated heterocycles. The number of imidazole rings is 1. The second-order valence-corrected chi connectivity index (χ2v) is 8.36. The molecule has 0 radical (unpaired) electrons. The Hall–Kier alpha value is -3.16. The number of benzene rings is 2. The Morgan fingerprint density at radius 3 is 2.44 bits per heavy atom. The molecule has 7 nitrogen and oxygen atoms in total. The molecule has 0 amide bonds. The van der Waals surface area contributed by atoms with E-state index in [4.69, 9.17) is 16.3 Å². The molecule has 0 bridgehead atoms.